The molecule has 23 heavy (non-hydrogen) atoms. The zero-order valence-corrected chi connectivity index (χ0v) is 12.9. The molecule has 0 fully saturated rings. The Morgan fingerprint density at radius 3 is 2.74 bits per heavy atom. The number of amides is 1. The Kier molecular flexibility index (Phi) is 4.09. The Morgan fingerprint density at radius 2 is 2.09 bits per heavy atom. The molecule has 0 radical (unpaired) electrons. The van der Waals surface area contributed by atoms with Gasteiger partial charge < -0.3 is 10.1 Å². The lowest BCUT2D eigenvalue weighted by atomic mass is 10.3. The van der Waals surface area contributed by atoms with Gasteiger partial charge in [0.25, 0.3) is 5.91 Å². The molecule has 118 valence electrons. The third-order valence-corrected chi connectivity index (χ3v) is 3.17. The van der Waals surface area contributed by atoms with Gasteiger partial charge in [0.1, 0.15) is 0 Å². The lowest BCUT2D eigenvalue weighted by molar-refractivity contribution is 0.102. The summed E-state index contributed by atoms with van der Waals surface area (Å²) < 4.78 is 8.81. The Bertz CT molecular complexity index is 807. The van der Waals surface area contributed by atoms with Crippen molar-refractivity contribution in [3.05, 3.63) is 54.5 Å². The molecule has 2 aromatic heterocycles. The quantitative estimate of drug-likeness (QED) is 0.784. The maximum Gasteiger partial charge on any atom is 0.276 e. The molecule has 0 saturated heterocycles. The van der Waals surface area contributed by atoms with E-state index in [4.69, 9.17) is 4.74 Å². The molecular formula is C16H17N5O2. The van der Waals surface area contributed by atoms with Gasteiger partial charge in [-0.15, -0.1) is 0 Å². The van der Waals surface area contributed by atoms with Crippen LogP contribution in [0.4, 0.5) is 5.69 Å². The average Bonchev–Trinajstić information content (AvgIpc) is 3.15. The molecule has 7 heteroatoms. The third kappa shape index (κ3) is 3.23. The number of anilines is 1. The van der Waals surface area contributed by atoms with Gasteiger partial charge in [0.2, 0.25) is 5.88 Å². The minimum absolute atomic E-state index is 0.279. The van der Waals surface area contributed by atoms with Gasteiger partial charge in [0.15, 0.2) is 5.69 Å². The van der Waals surface area contributed by atoms with Crippen molar-refractivity contribution in [3.63, 3.8) is 0 Å². The first-order valence-electron chi connectivity index (χ1n) is 7.25. The van der Waals surface area contributed by atoms with Crippen molar-refractivity contribution in [2.75, 3.05) is 11.9 Å². The molecule has 1 amide bonds. The minimum Gasteiger partial charge on any atom is -0.478 e. The van der Waals surface area contributed by atoms with Crippen molar-refractivity contribution in [1.82, 2.24) is 19.6 Å². The smallest absolute Gasteiger partial charge is 0.276 e. The van der Waals surface area contributed by atoms with Crippen LogP contribution in [-0.2, 0) is 7.05 Å². The second kappa shape index (κ2) is 6.35. The van der Waals surface area contributed by atoms with Crippen molar-refractivity contribution >= 4 is 11.6 Å². The first kappa shape index (κ1) is 14.8. The summed E-state index contributed by atoms with van der Waals surface area (Å²) in [6.45, 7) is 2.37. The molecule has 0 aliphatic rings. The average molecular weight is 311 g/mol. The molecule has 3 rings (SSSR count). The van der Waals surface area contributed by atoms with Crippen LogP contribution in [0.2, 0.25) is 0 Å². The van der Waals surface area contributed by atoms with E-state index in [9.17, 15) is 4.79 Å². The van der Waals surface area contributed by atoms with Crippen molar-refractivity contribution in [1.29, 1.82) is 0 Å². The maximum atomic E-state index is 12.3. The largest absolute Gasteiger partial charge is 0.478 e. The van der Waals surface area contributed by atoms with E-state index in [-0.39, 0.29) is 11.6 Å². The highest BCUT2D eigenvalue weighted by atomic mass is 16.5. The van der Waals surface area contributed by atoms with Gasteiger partial charge in [0, 0.05) is 19.3 Å². The number of rotatable bonds is 5. The topological polar surface area (TPSA) is 74.0 Å². The zero-order valence-electron chi connectivity index (χ0n) is 12.9. The van der Waals surface area contributed by atoms with Crippen LogP contribution in [0, 0.1) is 0 Å². The summed E-state index contributed by atoms with van der Waals surface area (Å²) in [6.07, 6.45) is 3.30. The number of ether oxygens (including phenoxy) is 1. The van der Waals surface area contributed by atoms with Crippen LogP contribution in [0.1, 0.15) is 17.4 Å². The van der Waals surface area contributed by atoms with Crippen LogP contribution in [0.3, 0.4) is 0 Å². The molecule has 0 bridgehead atoms. The highest BCUT2D eigenvalue weighted by molar-refractivity contribution is 6.02. The fourth-order valence-electron chi connectivity index (χ4n) is 2.16. The Labute approximate surface area is 133 Å². The fraction of sp³-hybridized carbons (Fsp3) is 0.188. The molecule has 2 heterocycles. The molecule has 0 saturated carbocycles. The Morgan fingerprint density at radius 1 is 1.30 bits per heavy atom. The van der Waals surface area contributed by atoms with E-state index in [1.54, 1.807) is 34.9 Å². The number of carbonyl (C=O) groups excluding carboxylic acids is 1. The SMILES string of the molecule is CCOc1cc(C(=O)Nc2cnn(C)c2)nn1-c1ccccc1. The van der Waals surface area contributed by atoms with E-state index >= 15 is 0 Å². The predicted molar refractivity (Wildman–Crippen MR) is 85.9 cm³/mol. The number of para-hydroxylation sites is 1. The number of hydrogen-bond donors (Lipinski definition) is 1. The summed E-state index contributed by atoms with van der Waals surface area (Å²) in [5.41, 5.74) is 1.72. The summed E-state index contributed by atoms with van der Waals surface area (Å²) in [5, 5.41) is 11.1. The minimum atomic E-state index is -0.311. The second-order valence-corrected chi connectivity index (χ2v) is 4.90. The lowest BCUT2D eigenvalue weighted by Crippen LogP contribution is -2.12. The third-order valence-electron chi connectivity index (χ3n) is 3.17. The number of carbonyl (C=O) groups is 1. The van der Waals surface area contributed by atoms with E-state index in [2.05, 4.69) is 15.5 Å². The number of nitrogens with zero attached hydrogens (tertiary/aromatic N) is 4. The van der Waals surface area contributed by atoms with Crippen molar-refractivity contribution in [2.24, 2.45) is 7.05 Å². The molecule has 7 nitrogen and oxygen atoms in total. The van der Waals surface area contributed by atoms with Crippen LogP contribution in [-0.4, -0.2) is 32.1 Å². The molecule has 1 aromatic carbocycles. The predicted octanol–water partition coefficient (Wildman–Crippen LogP) is 2.26. The van der Waals surface area contributed by atoms with Crippen LogP contribution in [0.15, 0.2) is 48.8 Å². The standard InChI is InChI=1S/C16H17N5O2/c1-3-23-15-9-14(16(22)18-12-10-17-20(2)11-12)19-21(15)13-7-5-4-6-8-13/h4-11H,3H2,1-2H3,(H,18,22). The van der Waals surface area contributed by atoms with Gasteiger partial charge >= 0.3 is 0 Å². The van der Waals surface area contributed by atoms with E-state index in [0.717, 1.165) is 5.69 Å². The summed E-state index contributed by atoms with van der Waals surface area (Å²) in [7, 11) is 1.78. The molecule has 1 N–H and O–H groups in total. The molecule has 0 spiro atoms. The van der Waals surface area contributed by atoms with Crippen molar-refractivity contribution in [3.8, 4) is 11.6 Å². The van der Waals surface area contributed by atoms with Gasteiger partial charge in [-0.25, -0.2) is 4.68 Å². The number of aryl methyl sites for hydroxylation is 1. The Hall–Kier alpha value is -3.09. The molecular weight excluding hydrogens is 294 g/mol. The summed E-state index contributed by atoms with van der Waals surface area (Å²) in [6, 6.07) is 11.2. The van der Waals surface area contributed by atoms with Crippen molar-refractivity contribution in [2.45, 2.75) is 6.92 Å². The van der Waals surface area contributed by atoms with Crippen molar-refractivity contribution < 1.29 is 9.53 Å². The van der Waals surface area contributed by atoms with E-state index < -0.39 is 0 Å². The highest BCUT2D eigenvalue weighted by Gasteiger charge is 2.16. The number of nitrogens with one attached hydrogen (secondary N) is 1. The van der Waals surface area contributed by atoms with Gasteiger partial charge in [0.05, 0.1) is 24.2 Å². The van der Waals surface area contributed by atoms with Gasteiger partial charge in [-0.3, -0.25) is 9.48 Å². The number of hydrogen-bond acceptors (Lipinski definition) is 4. The van der Waals surface area contributed by atoms with Crippen LogP contribution in [0.25, 0.3) is 5.69 Å². The van der Waals surface area contributed by atoms with Gasteiger partial charge in [-0.1, -0.05) is 18.2 Å². The van der Waals surface area contributed by atoms with Crippen LogP contribution in [0.5, 0.6) is 5.88 Å². The first-order valence-corrected chi connectivity index (χ1v) is 7.25. The summed E-state index contributed by atoms with van der Waals surface area (Å²) in [4.78, 5) is 12.3. The lowest BCUT2D eigenvalue weighted by Gasteiger charge is -2.06. The molecule has 0 aliphatic heterocycles. The summed E-state index contributed by atoms with van der Waals surface area (Å²) in [5.74, 6) is 0.212. The zero-order chi connectivity index (χ0) is 16.2. The fourth-order valence-corrected chi connectivity index (χ4v) is 2.16. The molecule has 0 unspecified atom stereocenters. The van der Waals surface area contributed by atoms with Crippen LogP contribution < -0.4 is 10.1 Å². The molecule has 0 atom stereocenters. The second-order valence-electron chi connectivity index (χ2n) is 4.90. The highest BCUT2D eigenvalue weighted by Crippen LogP contribution is 2.20. The summed E-state index contributed by atoms with van der Waals surface area (Å²) >= 11 is 0. The maximum absolute atomic E-state index is 12.3. The Balaban J connectivity index is 1.89. The molecule has 3 aromatic rings. The van der Waals surface area contributed by atoms with E-state index in [1.165, 1.54) is 0 Å². The number of aromatic nitrogens is 4. The van der Waals surface area contributed by atoms with Gasteiger partial charge in [-0.05, 0) is 19.1 Å². The van der Waals surface area contributed by atoms with E-state index in [1.807, 2.05) is 37.3 Å². The van der Waals surface area contributed by atoms with Gasteiger partial charge in [-0.2, -0.15) is 10.2 Å². The number of benzene rings is 1. The monoisotopic (exact) mass is 311 g/mol. The normalized spacial score (nSPS) is 10.5. The van der Waals surface area contributed by atoms with Crippen LogP contribution >= 0.6 is 0 Å². The van der Waals surface area contributed by atoms with E-state index in [0.29, 0.717) is 18.2 Å². The molecule has 0 aliphatic carbocycles. The first-order chi connectivity index (χ1) is 11.2.